The van der Waals surface area contributed by atoms with E-state index < -0.39 is 0 Å². The van der Waals surface area contributed by atoms with E-state index in [0.717, 1.165) is 13.1 Å². The molecule has 0 aliphatic heterocycles. The third-order valence-electron chi connectivity index (χ3n) is 2.89. The minimum atomic E-state index is 1.05. The smallest absolute Gasteiger partial charge is 0.0489 e. The summed E-state index contributed by atoms with van der Waals surface area (Å²) in [5.74, 6) is 0. The molecule has 0 spiro atoms. The first-order valence-electron chi connectivity index (χ1n) is 6.40. The van der Waals surface area contributed by atoms with Crippen molar-refractivity contribution < 1.29 is 0 Å². The maximum atomic E-state index is 4.19. The number of hydrogen-bond donors (Lipinski definition) is 0. The molecule has 0 saturated carbocycles. The van der Waals surface area contributed by atoms with Gasteiger partial charge in [0.05, 0.1) is 0 Å². The van der Waals surface area contributed by atoms with Crippen LogP contribution >= 0.6 is 0 Å². The van der Waals surface area contributed by atoms with E-state index in [0.29, 0.717) is 0 Å². The lowest BCUT2D eigenvalue weighted by Crippen LogP contribution is -1.99. The first-order valence-corrected chi connectivity index (χ1v) is 6.40. The first kappa shape index (κ1) is 11.9. The van der Waals surface area contributed by atoms with Crippen molar-refractivity contribution in [1.82, 2.24) is 19.6 Å². The lowest BCUT2D eigenvalue weighted by Gasteiger charge is -2.03. The Balaban J connectivity index is 1.44. The molecule has 0 atom stereocenters. The minimum absolute atomic E-state index is 1.05. The second-order valence-electron chi connectivity index (χ2n) is 4.31. The van der Waals surface area contributed by atoms with Crippen LogP contribution in [0, 0.1) is 0 Å². The molecule has 2 heterocycles. The van der Waals surface area contributed by atoms with Crippen molar-refractivity contribution in [3.05, 3.63) is 36.9 Å². The van der Waals surface area contributed by atoms with Gasteiger partial charge < -0.3 is 0 Å². The molecule has 0 aliphatic rings. The van der Waals surface area contributed by atoms with Gasteiger partial charge in [-0.25, -0.2) is 0 Å². The van der Waals surface area contributed by atoms with Crippen LogP contribution in [0.15, 0.2) is 36.9 Å². The topological polar surface area (TPSA) is 35.6 Å². The summed E-state index contributed by atoms with van der Waals surface area (Å²) < 4.78 is 4.01. The zero-order valence-electron chi connectivity index (χ0n) is 10.2. The van der Waals surface area contributed by atoms with Crippen LogP contribution in [-0.2, 0) is 13.1 Å². The number of aromatic nitrogens is 4. The maximum Gasteiger partial charge on any atom is 0.0489 e. The fraction of sp³-hybridized carbons (Fsp3) is 0.538. The van der Waals surface area contributed by atoms with Crippen molar-refractivity contribution in [1.29, 1.82) is 0 Å². The Morgan fingerprint density at radius 2 is 1.12 bits per heavy atom. The molecule has 2 rings (SSSR count). The van der Waals surface area contributed by atoms with Gasteiger partial charge in [0.15, 0.2) is 0 Å². The quantitative estimate of drug-likeness (QED) is 0.656. The van der Waals surface area contributed by atoms with Crippen molar-refractivity contribution in [2.45, 2.75) is 45.2 Å². The molecule has 0 saturated heterocycles. The third-order valence-corrected chi connectivity index (χ3v) is 2.89. The second kappa shape index (κ2) is 6.89. The Bertz CT molecular complexity index is 339. The number of nitrogens with zero attached hydrogens (tertiary/aromatic N) is 4. The molecule has 0 radical (unpaired) electrons. The van der Waals surface area contributed by atoms with E-state index in [-0.39, 0.29) is 0 Å². The van der Waals surface area contributed by atoms with Gasteiger partial charge in [-0.2, -0.15) is 10.2 Å². The van der Waals surface area contributed by atoms with Crippen molar-refractivity contribution in [3.63, 3.8) is 0 Å². The first-order chi connectivity index (χ1) is 8.45. The van der Waals surface area contributed by atoms with Crippen molar-refractivity contribution >= 4 is 0 Å². The van der Waals surface area contributed by atoms with E-state index in [9.17, 15) is 0 Å². The van der Waals surface area contributed by atoms with Gasteiger partial charge in [0, 0.05) is 37.9 Å². The Morgan fingerprint density at radius 1 is 0.647 bits per heavy atom. The van der Waals surface area contributed by atoms with Crippen LogP contribution in [-0.4, -0.2) is 19.6 Å². The Labute approximate surface area is 102 Å². The molecule has 17 heavy (non-hydrogen) atoms. The van der Waals surface area contributed by atoms with Crippen LogP contribution in [0.4, 0.5) is 0 Å². The van der Waals surface area contributed by atoms with Crippen LogP contribution in [0.5, 0.6) is 0 Å². The summed E-state index contributed by atoms with van der Waals surface area (Å²) in [4.78, 5) is 0. The van der Waals surface area contributed by atoms with Crippen molar-refractivity contribution in [3.8, 4) is 0 Å². The molecule has 0 unspecified atom stereocenters. The standard InChI is InChI=1S/C13H20N4/c1(2-4-10-16-12-6-8-14-16)3-5-11-17-13-7-9-15-17/h6-9,12-13H,1-5,10-11H2. The predicted molar refractivity (Wildman–Crippen MR) is 67.5 cm³/mol. The molecule has 92 valence electrons. The third kappa shape index (κ3) is 4.43. The molecule has 0 aliphatic carbocycles. The average molecular weight is 232 g/mol. The monoisotopic (exact) mass is 232 g/mol. The largest absolute Gasteiger partial charge is 0.273 e. The molecule has 0 fully saturated rings. The summed E-state index contributed by atoms with van der Waals surface area (Å²) >= 11 is 0. The van der Waals surface area contributed by atoms with Gasteiger partial charge in [-0.1, -0.05) is 19.3 Å². The molecule has 4 nitrogen and oxygen atoms in total. The number of unbranched alkanes of at least 4 members (excludes halogenated alkanes) is 4. The molecular weight excluding hydrogens is 212 g/mol. The van der Waals surface area contributed by atoms with Crippen LogP contribution in [0.2, 0.25) is 0 Å². The van der Waals surface area contributed by atoms with Gasteiger partial charge in [0.2, 0.25) is 0 Å². The Kier molecular flexibility index (Phi) is 4.82. The summed E-state index contributed by atoms with van der Waals surface area (Å²) in [6.45, 7) is 2.10. The number of hydrogen-bond acceptors (Lipinski definition) is 2. The van der Waals surface area contributed by atoms with E-state index >= 15 is 0 Å². The van der Waals surface area contributed by atoms with Crippen LogP contribution in [0.3, 0.4) is 0 Å². The fourth-order valence-corrected chi connectivity index (χ4v) is 1.94. The highest BCUT2D eigenvalue weighted by atomic mass is 15.3. The van der Waals surface area contributed by atoms with Crippen molar-refractivity contribution in [2.24, 2.45) is 0 Å². The SMILES string of the molecule is c1cnn(CCCCCCCn2cccn2)c1. The van der Waals surface area contributed by atoms with E-state index in [1.54, 1.807) is 0 Å². The molecular formula is C13H20N4. The van der Waals surface area contributed by atoms with E-state index in [2.05, 4.69) is 10.2 Å². The van der Waals surface area contributed by atoms with Crippen LogP contribution < -0.4 is 0 Å². The zero-order valence-corrected chi connectivity index (χ0v) is 10.2. The van der Waals surface area contributed by atoms with Crippen LogP contribution in [0.1, 0.15) is 32.1 Å². The second-order valence-corrected chi connectivity index (χ2v) is 4.31. The van der Waals surface area contributed by atoms with Gasteiger partial charge in [-0.15, -0.1) is 0 Å². The lowest BCUT2D eigenvalue weighted by atomic mass is 10.1. The van der Waals surface area contributed by atoms with E-state index in [1.165, 1.54) is 32.1 Å². The molecule has 4 heteroatoms. The normalized spacial score (nSPS) is 10.8. The van der Waals surface area contributed by atoms with Crippen LogP contribution in [0.25, 0.3) is 0 Å². The summed E-state index contributed by atoms with van der Waals surface area (Å²) in [6.07, 6.45) is 14.1. The van der Waals surface area contributed by atoms with Gasteiger partial charge in [0.1, 0.15) is 0 Å². The fourth-order valence-electron chi connectivity index (χ4n) is 1.94. The molecule has 0 aromatic carbocycles. The van der Waals surface area contributed by atoms with Gasteiger partial charge in [-0.05, 0) is 25.0 Å². The van der Waals surface area contributed by atoms with E-state index in [1.807, 2.05) is 46.3 Å². The van der Waals surface area contributed by atoms with Gasteiger partial charge in [0.25, 0.3) is 0 Å². The average Bonchev–Trinajstić information content (AvgIpc) is 3.00. The van der Waals surface area contributed by atoms with Gasteiger partial charge >= 0.3 is 0 Å². The van der Waals surface area contributed by atoms with E-state index in [4.69, 9.17) is 0 Å². The van der Waals surface area contributed by atoms with Gasteiger partial charge in [-0.3, -0.25) is 9.36 Å². The molecule has 2 aromatic rings. The predicted octanol–water partition coefficient (Wildman–Crippen LogP) is 2.73. The summed E-state index contributed by atoms with van der Waals surface area (Å²) in [5.41, 5.74) is 0. The highest BCUT2D eigenvalue weighted by Crippen LogP contribution is 2.05. The maximum absolute atomic E-state index is 4.19. The Morgan fingerprint density at radius 3 is 1.53 bits per heavy atom. The molecule has 0 N–H and O–H groups in total. The zero-order chi connectivity index (χ0) is 11.8. The summed E-state index contributed by atoms with van der Waals surface area (Å²) in [6, 6.07) is 3.95. The molecule has 0 amide bonds. The lowest BCUT2D eigenvalue weighted by molar-refractivity contribution is 0.502. The highest BCUT2D eigenvalue weighted by Gasteiger charge is 1.94. The number of rotatable bonds is 8. The number of aryl methyl sites for hydroxylation is 2. The highest BCUT2D eigenvalue weighted by molar-refractivity contribution is 4.78. The molecule has 0 bridgehead atoms. The minimum Gasteiger partial charge on any atom is -0.273 e. The molecule has 2 aromatic heterocycles. The summed E-state index contributed by atoms with van der Waals surface area (Å²) in [5, 5.41) is 8.38. The summed E-state index contributed by atoms with van der Waals surface area (Å²) in [7, 11) is 0. The Hall–Kier alpha value is -1.58. The van der Waals surface area contributed by atoms with Crippen molar-refractivity contribution in [2.75, 3.05) is 0 Å².